The van der Waals surface area contributed by atoms with Gasteiger partial charge >= 0.3 is 5.97 Å². The molecule has 0 bridgehead atoms. The van der Waals surface area contributed by atoms with Gasteiger partial charge in [-0.05, 0) is 37.1 Å². The van der Waals surface area contributed by atoms with E-state index < -0.39 is 34.2 Å². The highest BCUT2D eigenvalue weighted by atomic mass is 32.2. The summed E-state index contributed by atoms with van der Waals surface area (Å²) in [6, 6.07) is 7.83. The molecule has 1 saturated heterocycles. The largest absolute Gasteiger partial charge is 0.457 e. The lowest BCUT2D eigenvalue weighted by Crippen LogP contribution is -2.35. The summed E-state index contributed by atoms with van der Waals surface area (Å²) in [7, 11) is -3.94. The van der Waals surface area contributed by atoms with Crippen LogP contribution in [0.1, 0.15) is 41.6 Å². The normalized spacial score (nSPS) is 17.6. The van der Waals surface area contributed by atoms with Gasteiger partial charge in [-0.3, -0.25) is 0 Å². The van der Waals surface area contributed by atoms with Crippen molar-refractivity contribution in [3.05, 3.63) is 59.2 Å². The molecule has 2 aliphatic heterocycles. The van der Waals surface area contributed by atoms with Crippen molar-refractivity contribution in [2.24, 2.45) is 4.40 Å². The SMILES string of the molecule is O=C(OCc1cccc(F)c1F)c1ccc2c(c1)S(=O)(=O)N=C1CCCCCN12. The van der Waals surface area contributed by atoms with Crippen LogP contribution in [0.5, 0.6) is 0 Å². The standard InChI is InChI=1S/C20H18F2N2O4S/c21-15-6-4-5-14(19(15)22)12-28-20(25)13-8-9-16-17(11-13)29(26,27)23-18-7-2-1-3-10-24(16)18/h4-6,8-9,11H,1-3,7,10,12H2. The third-order valence-corrected chi connectivity index (χ3v) is 6.31. The quantitative estimate of drug-likeness (QED) is 0.706. The van der Waals surface area contributed by atoms with Gasteiger partial charge in [-0.2, -0.15) is 8.42 Å². The van der Waals surface area contributed by atoms with Crippen LogP contribution in [0.3, 0.4) is 0 Å². The van der Waals surface area contributed by atoms with Crippen molar-refractivity contribution in [3.63, 3.8) is 0 Å². The number of carbonyl (C=O) groups is 1. The fraction of sp³-hybridized carbons (Fsp3) is 0.300. The van der Waals surface area contributed by atoms with Crippen LogP contribution in [0.25, 0.3) is 0 Å². The molecule has 152 valence electrons. The summed E-state index contributed by atoms with van der Waals surface area (Å²) < 4.78 is 61.2. The first-order valence-electron chi connectivity index (χ1n) is 9.22. The Morgan fingerprint density at radius 3 is 2.79 bits per heavy atom. The molecule has 4 rings (SSSR count). The van der Waals surface area contributed by atoms with Gasteiger partial charge < -0.3 is 9.64 Å². The molecule has 2 heterocycles. The van der Waals surface area contributed by atoms with Crippen molar-refractivity contribution in [1.82, 2.24) is 0 Å². The number of fused-ring (bicyclic) bond motifs is 3. The number of carbonyl (C=O) groups excluding carboxylic acids is 1. The van der Waals surface area contributed by atoms with E-state index in [4.69, 9.17) is 4.74 Å². The molecule has 0 amide bonds. The Bertz CT molecular complexity index is 1120. The number of nitrogens with zero attached hydrogens (tertiary/aromatic N) is 2. The molecule has 0 saturated carbocycles. The highest BCUT2D eigenvalue weighted by Crippen LogP contribution is 2.35. The van der Waals surface area contributed by atoms with Gasteiger partial charge in [0.2, 0.25) is 0 Å². The molecule has 29 heavy (non-hydrogen) atoms. The van der Waals surface area contributed by atoms with Crippen molar-refractivity contribution in [2.45, 2.75) is 37.2 Å². The zero-order chi connectivity index (χ0) is 20.6. The van der Waals surface area contributed by atoms with Gasteiger partial charge in [0.15, 0.2) is 11.6 Å². The second-order valence-electron chi connectivity index (χ2n) is 6.92. The van der Waals surface area contributed by atoms with Crippen LogP contribution in [0.2, 0.25) is 0 Å². The van der Waals surface area contributed by atoms with E-state index in [0.29, 0.717) is 24.5 Å². The third-order valence-electron chi connectivity index (χ3n) is 4.97. The molecule has 0 aromatic heterocycles. The molecule has 2 aromatic rings. The minimum atomic E-state index is -3.94. The summed E-state index contributed by atoms with van der Waals surface area (Å²) in [5.74, 6) is -2.44. The summed E-state index contributed by atoms with van der Waals surface area (Å²) in [5.41, 5.74) is 0.380. The van der Waals surface area contributed by atoms with Crippen LogP contribution in [-0.4, -0.2) is 26.8 Å². The molecule has 2 aliphatic rings. The number of halogens is 2. The molecule has 0 radical (unpaired) electrons. The maximum Gasteiger partial charge on any atom is 0.338 e. The Morgan fingerprint density at radius 1 is 1.14 bits per heavy atom. The number of hydrogen-bond donors (Lipinski definition) is 0. The van der Waals surface area contributed by atoms with E-state index in [0.717, 1.165) is 25.3 Å². The molecule has 1 fully saturated rings. The second-order valence-corrected chi connectivity index (χ2v) is 8.49. The van der Waals surface area contributed by atoms with Gasteiger partial charge in [0.25, 0.3) is 10.0 Å². The number of sulfonamides is 1. The van der Waals surface area contributed by atoms with Crippen LogP contribution < -0.4 is 4.90 Å². The van der Waals surface area contributed by atoms with Crippen LogP contribution in [0.15, 0.2) is 45.7 Å². The molecule has 0 aliphatic carbocycles. The molecule has 0 atom stereocenters. The summed E-state index contributed by atoms with van der Waals surface area (Å²) >= 11 is 0. The topological polar surface area (TPSA) is 76.0 Å². The van der Waals surface area contributed by atoms with Crippen LogP contribution in [0, 0.1) is 11.6 Å². The lowest BCUT2D eigenvalue weighted by atomic mass is 10.1. The molecule has 9 heteroatoms. The number of rotatable bonds is 3. The Balaban J connectivity index is 1.60. The predicted molar refractivity (Wildman–Crippen MR) is 102 cm³/mol. The van der Waals surface area contributed by atoms with Gasteiger partial charge in [0, 0.05) is 18.5 Å². The number of hydrogen-bond acceptors (Lipinski definition) is 5. The fourth-order valence-corrected chi connectivity index (χ4v) is 4.78. The predicted octanol–water partition coefficient (Wildman–Crippen LogP) is 3.80. The first kappa shape index (κ1) is 19.5. The minimum Gasteiger partial charge on any atom is -0.457 e. The van der Waals surface area contributed by atoms with Crippen molar-refractivity contribution in [1.29, 1.82) is 0 Å². The van der Waals surface area contributed by atoms with E-state index in [-0.39, 0.29) is 16.0 Å². The number of esters is 1. The monoisotopic (exact) mass is 420 g/mol. The average molecular weight is 420 g/mol. The third kappa shape index (κ3) is 3.74. The summed E-state index contributed by atoms with van der Waals surface area (Å²) in [6.45, 7) is 0.185. The van der Waals surface area contributed by atoms with Crippen molar-refractivity contribution in [2.75, 3.05) is 11.4 Å². The van der Waals surface area contributed by atoms with E-state index in [1.165, 1.54) is 24.3 Å². The zero-order valence-electron chi connectivity index (χ0n) is 15.4. The van der Waals surface area contributed by atoms with Crippen molar-refractivity contribution < 1.29 is 26.7 Å². The molecule has 0 N–H and O–H groups in total. The van der Waals surface area contributed by atoms with Gasteiger partial charge in [-0.1, -0.05) is 18.6 Å². The van der Waals surface area contributed by atoms with E-state index in [9.17, 15) is 22.0 Å². The Labute approximate surface area is 166 Å². The maximum absolute atomic E-state index is 13.7. The molecule has 2 aromatic carbocycles. The molecule has 0 spiro atoms. The fourth-order valence-electron chi connectivity index (χ4n) is 3.49. The molecule has 6 nitrogen and oxygen atoms in total. The van der Waals surface area contributed by atoms with Gasteiger partial charge in [-0.25, -0.2) is 13.6 Å². The van der Waals surface area contributed by atoms with E-state index in [1.807, 2.05) is 4.90 Å². The molecule has 0 unspecified atom stereocenters. The summed E-state index contributed by atoms with van der Waals surface area (Å²) in [5, 5.41) is 0. The van der Waals surface area contributed by atoms with Gasteiger partial charge in [0.05, 0.1) is 11.3 Å². The first-order chi connectivity index (χ1) is 13.9. The Morgan fingerprint density at radius 2 is 1.97 bits per heavy atom. The van der Waals surface area contributed by atoms with Gasteiger partial charge in [0.1, 0.15) is 17.3 Å². The maximum atomic E-state index is 13.7. The lowest BCUT2D eigenvalue weighted by Gasteiger charge is -2.29. The minimum absolute atomic E-state index is 0.00221. The van der Waals surface area contributed by atoms with E-state index >= 15 is 0 Å². The smallest absolute Gasteiger partial charge is 0.338 e. The summed E-state index contributed by atoms with van der Waals surface area (Å²) in [6.07, 6.45) is 3.37. The zero-order valence-corrected chi connectivity index (χ0v) is 16.2. The van der Waals surface area contributed by atoms with Crippen LogP contribution >= 0.6 is 0 Å². The van der Waals surface area contributed by atoms with Crippen molar-refractivity contribution >= 4 is 27.5 Å². The number of benzene rings is 2. The molecular formula is C20H18F2N2O4S. The van der Waals surface area contributed by atoms with Gasteiger partial charge in [-0.15, -0.1) is 4.40 Å². The van der Waals surface area contributed by atoms with Crippen molar-refractivity contribution in [3.8, 4) is 0 Å². The summed E-state index contributed by atoms with van der Waals surface area (Å²) in [4.78, 5) is 14.2. The highest BCUT2D eigenvalue weighted by Gasteiger charge is 2.32. The van der Waals surface area contributed by atoms with E-state index in [2.05, 4.69) is 4.40 Å². The lowest BCUT2D eigenvalue weighted by molar-refractivity contribution is 0.0468. The number of amidine groups is 1. The average Bonchev–Trinajstić information content (AvgIpc) is 2.93. The van der Waals surface area contributed by atoms with E-state index in [1.54, 1.807) is 6.07 Å². The highest BCUT2D eigenvalue weighted by molar-refractivity contribution is 7.90. The van der Waals surface area contributed by atoms with Crippen LogP contribution in [0.4, 0.5) is 14.5 Å². The second kappa shape index (κ2) is 7.55. The Hall–Kier alpha value is -2.81. The first-order valence-corrected chi connectivity index (χ1v) is 10.7. The number of ether oxygens (including phenoxy) is 1. The van der Waals surface area contributed by atoms with Crippen LogP contribution in [-0.2, 0) is 21.4 Å². The Kier molecular flexibility index (Phi) is 5.08. The molecular weight excluding hydrogens is 402 g/mol. The number of anilines is 1.